The van der Waals surface area contributed by atoms with Gasteiger partial charge < -0.3 is 34.4 Å². The molecule has 0 aromatic carbocycles. The maximum Gasteiger partial charge on any atom is 0.361 e. The van der Waals surface area contributed by atoms with Crippen molar-refractivity contribution in [2.45, 2.75) is 50.0 Å². The molecule has 0 spiro atoms. The number of hydrogen-bond donors (Lipinski definition) is 5. The van der Waals surface area contributed by atoms with Crippen molar-refractivity contribution >= 4 is 36.0 Å². The molecule has 3 atom stereocenters. The molecule has 4 heterocycles. The Morgan fingerprint density at radius 1 is 1.30 bits per heavy atom. The third-order valence-corrected chi connectivity index (χ3v) is 7.93. The number of ether oxygens (including phenoxy) is 3. The Morgan fingerprint density at radius 3 is 2.84 bits per heavy atom. The fraction of sp³-hybridized carbons (Fsp3) is 0.684. The molecule has 1 saturated carbocycles. The number of fused-ring (bicyclic) bond motifs is 1. The topological polar surface area (TPSA) is 216 Å². The van der Waals surface area contributed by atoms with Crippen molar-refractivity contribution in [1.82, 2.24) is 40.4 Å². The fourth-order valence-corrected chi connectivity index (χ4v) is 4.83. The van der Waals surface area contributed by atoms with Gasteiger partial charge in [-0.2, -0.15) is 20.3 Å². The van der Waals surface area contributed by atoms with Gasteiger partial charge in [-0.3, -0.25) is 4.57 Å². The molecule has 2 fully saturated rings. The third-order valence-electron chi connectivity index (χ3n) is 6.30. The molecule has 2 aliphatic rings. The summed E-state index contributed by atoms with van der Waals surface area (Å²) in [6.07, 6.45) is 4.08. The van der Waals surface area contributed by atoms with E-state index in [9.17, 15) is 19.5 Å². The van der Waals surface area contributed by atoms with E-state index in [0.29, 0.717) is 35.6 Å². The van der Waals surface area contributed by atoms with Gasteiger partial charge in [0.05, 0.1) is 37.5 Å². The standard InChI is InChI=1S/C19H27ClN9O7P/c20-18-23-16(21-5-11-1-2-11)13-6-22-29(17(13)24-18)15-4-3-12(36-15)7-35-19(9-30,37(31,32)33)10-34-8-14-25-27-28-26-14/h6,11-12,15,30H,1-5,7-10H2,(H,21,23,24)(H2,31,32,33)(H,25,26,27,28)/t12-,15+,19?/m0/s1. The van der Waals surface area contributed by atoms with E-state index in [1.165, 1.54) is 12.8 Å². The molecule has 18 heteroatoms. The number of halogens is 1. The van der Waals surface area contributed by atoms with Crippen LogP contribution in [0.25, 0.3) is 11.0 Å². The van der Waals surface area contributed by atoms with Crippen molar-refractivity contribution in [3.63, 3.8) is 0 Å². The Hall–Kier alpha value is -2.30. The van der Waals surface area contributed by atoms with Crippen molar-refractivity contribution in [2.75, 3.05) is 31.7 Å². The van der Waals surface area contributed by atoms with E-state index in [1.807, 2.05) is 0 Å². The number of aromatic nitrogens is 8. The predicted octanol–water partition coefficient (Wildman–Crippen LogP) is 0.592. The van der Waals surface area contributed by atoms with E-state index in [2.05, 4.69) is 41.0 Å². The minimum atomic E-state index is -4.96. The number of rotatable bonds is 13. The maximum atomic E-state index is 12.2. The van der Waals surface area contributed by atoms with Gasteiger partial charge in [0.1, 0.15) is 12.4 Å². The van der Waals surface area contributed by atoms with Gasteiger partial charge >= 0.3 is 7.60 Å². The van der Waals surface area contributed by atoms with Gasteiger partial charge in [-0.15, -0.1) is 10.2 Å². The number of tetrazole rings is 1. The van der Waals surface area contributed by atoms with Gasteiger partial charge in [-0.25, -0.2) is 4.68 Å². The molecule has 3 aromatic heterocycles. The third kappa shape index (κ3) is 5.91. The van der Waals surface area contributed by atoms with E-state index in [0.717, 1.165) is 6.54 Å². The van der Waals surface area contributed by atoms with Crippen LogP contribution in [-0.2, 0) is 25.4 Å². The molecule has 5 N–H and O–H groups in total. The first-order valence-electron chi connectivity index (χ1n) is 11.7. The molecule has 1 aliphatic heterocycles. The van der Waals surface area contributed by atoms with Gasteiger partial charge in [0.25, 0.3) is 0 Å². The van der Waals surface area contributed by atoms with Crippen LogP contribution in [0.3, 0.4) is 0 Å². The molecule has 1 unspecified atom stereocenters. The minimum absolute atomic E-state index is 0.0839. The Morgan fingerprint density at radius 2 is 2.14 bits per heavy atom. The summed E-state index contributed by atoms with van der Waals surface area (Å²) in [6.45, 7) is -1.16. The quantitative estimate of drug-likeness (QED) is 0.143. The number of aromatic amines is 1. The molecule has 1 saturated heterocycles. The molecule has 5 rings (SSSR count). The molecule has 0 amide bonds. The monoisotopic (exact) mass is 559 g/mol. The summed E-state index contributed by atoms with van der Waals surface area (Å²) in [5.74, 6) is 1.43. The average molecular weight is 560 g/mol. The smallest absolute Gasteiger partial charge is 0.361 e. The zero-order valence-corrected chi connectivity index (χ0v) is 21.3. The van der Waals surface area contributed by atoms with Crippen LogP contribution in [0, 0.1) is 5.92 Å². The molecule has 16 nitrogen and oxygen atoms in total. The van der Waals surface area contributed by atoms with Crippen LogP contribution in [-0.4, -0.2) is 93.1 Å². The van der Waals surface area contributed by atoms with Crippen LogP contribution in [0.5, 0.6) is 0 Å². The van der Waals surface area contributed by atoms with Crippen LogP contribution in [0.2, 0.25) is 5.28 Å². The Bertz CT molecular complexity index is 1250. The number of nitrogens with zero attached hydrogens (tertiary/aromatic N) is 7. The molecular weight excluding hydrogens is 533 g/mol. The van der Waals surface area contributed by atoms with E-state index in [1.54, 1.807) is 10.9 Å². The second-order valence-corrected chi connectivity index (χ2v) is 11.3. The summed E-state index contributed by atoms with van der Waals surface area (Å²) >= 11 is 6.17. The lowest BCUT2D eigenvalue weighted by atomic mass is 10.2. The number of nitrogens with one attached hydrogen (secondary N) is 2. The van der Waals surface area contributed by atoms with Gasteiger partial charge in [0, 0.05) is 6.54 Å². The summed E-state index contributed by atoms with van der Waals surface area (Å²) in [7, 11) is -4.96. The van der Waals surface area contributed by atoms with Gasteiger partial charge in [0.15, 0.2) is 17.7 Å². The maximum absolute atomic E-state index is 12.2. The number of aliphatic hydroxyl groups is 1. The second kappa shape index (κ2) is 10.8. The van der Waals surface area contributed by atoms with E-state index >= 15 is 0 Å². The largest absolute Gasteiger partial charge is 0.393 e. The number of anilines is 1. The molecule has 0 radical (unpaired) electrons. The summed E-state index contributed by atoms with van der Waals surface area (Å²) in [5.41, 5.74) is 0.514. The highest BCUT2D eigenvalue weighted by atomic mass is 35.5. The fourth-order valence-electron chi connectivity index (χ4n) is 3.98. The van der Waals surface area contributed by atoms with E-state index in [4.69, 9.17) is 25.8 Å². The van der Waals surface area contributed by atoms with Gasteiger partial charge in [-0.05, 0) is 43.2 Å². The summed E-state index contributed by atoms with van der Waals surface area (Å²) in [4.78, 5) is 28.5. The van der Waals surface area contributed by atoms with Crippen molar-refractivity contribution in [1.29, 1.82) is 0 Å². The van der Waals surface area contributed by atoms with Crippen LogP contribution in [0.1, 0.15) is 37.7 Å². The molecule has 0 bridgehead atoms. The number of H-pyrrole nitrogens is 1. The SMILES string of the molecule is O=P(O)(O)C(CO)(COCc1nn[nH]n1)OC[C@@H]1CC[C@H](n2ncc3c(NCC4CC4)nc(Cl)nc32)O1. The van der Waals surface area contributed by atoms with Gasteiger partial charge in [0.2, 0.25) is 10.6 Å². The van der Waals surface area contributed by atoms with E-state index in [-0.39, 0.29) is 24.3 Å². The van der Waals surface area contributed by atoms with Gasteiger partial charge in [-0.1, -0.05) is 5.21 Å². The lowest BCUT2D eigenvalue weighted by molar-refractivity contribution is -0.121. The highest BCUT2D eigenvalue weighted by molar-refractivity contribution is 7.53. The number of hydrogen-bond acceptors (Lipinski definition) is 12. The summed E-state index contributed by atoms with van der Waals surface area (Å²) in [5, 5.41) is 29.1. The normalized spacial score (nSPS) is 21.9. The van der Waals surface area contributed by atoms with Crippen LogP contribution >= 0.6 is 19.2 Å². The lowest BCUT2D eigenvalue weighted by Crippen LogP contribution is -2.43. The first-order valence-corrected chi connectivity index (χ1v) is 13.7. The molecule has 202 valence electrons. The van der Waals surface area contributed by atoms with Crippen LogP contribution in [0.4, 0.5) is 5.82 Å². The summed E-state index contributed by atoms with van der Waals surface area (Å²) in [6, 6.07) is 0. The highest BCUT2D eigenvalue weighted by Crippen LogP contribution is 2.51. The average Bonchev–Trinajstić information content (AvgIpc) is 3.22. The van der Waals surface area contributed by atoms with Crippen molar-refractivity contribution in [2.24, 2.45) is 5.92 Å². The second-order valence-electron chi connectivity index (χ2n) is 9.06. The minimum Gasteiger partial charge on any atom is -0.393 e. The van der Waals surface area contributed by atoms with Crippen LogP contribution in [0.15, 0.2) is 6.20 Å². The van der Waals surface area contributed by atoms with E-state index < -0.39 is 38.5 Å². The van der Waals surface area contributed by atoms with Crippen molar-refractivity contribution in [3.05, 3.63) is 17.3 Å². The Kier molecular flexibility index (Phi) is 7.70. The molecule has 3 aromatic rings. The first-order chi connectivity index (χ1) is 17.8. The first kappa shape index (κ1) is 26.3. The zero-order chi connectivity index (χ0) is 26.0. The lowest BCUT2D eigenvalue weighted by Gasteiger charge is -2.32. The van der Waals surface area contributed by atoms with Crippen LogP contribution < -0.4 is 5.32 Å². The van der Waals surface area contributed by atoms with Crippen molar-refractivity contribution < 1.29 is 33.7 Å². The Balaban J connectivity index is 1.23. The predicted molar refractivity (Wildman–Crippen MR) is 126 cm³/mol. The molecule has 1 aliphatic carbocycles. The molecule has 37 heavy (non-hydrogen) atoms. The number of aliphatic hydroxyl groups excluding tert-OH is 1. The Labute approximate surface area is 215 Å². The van der Waals surface area contributed by atoms with Crippen molar-refractivity contribution in [3.8, 4) is 0 Å². The molecular formula is C19H27ClN9O7P. The summed E-state index contributed by atoms with van der Waals surface area (Å²) < 4.78 is 30.8. The highest BCUT2D eigenvalue weighted by Gasteiger charge is 2.49. The zero-order valence-electron chi connectivity index (χ0n) is 19.6.